The van der Waals surface area contributed by atoms with E-state index in [9.17, 15) is 0 Å². The molecule has 4 aromatic rings. The number of nitrogens with zero attached hydrogens (tertiary/aromatic N) is 4. The Kier molecular flexibility index (Phi) is 1.62. The summed E-state index contributed by atoms with van der Waals surface area (Å²) in [6, 6.07) is 6.20. The van der Waals surface area contributed by atoms with Crippen LogP contribution in [0.2, 0.25) is 0 Å². The van der Waals surface area contributed by atoms with Gasteiger partial charge in [0.05, 0.1) is 10.3 Å². The molecule has 0 aromatic carbocycles. The molecular weight excluding hydrogens is 256 g/mol. The van der Waals surface area contributed by atoms with Crippen molar-refractivity contribution >= 4 is 26.5 Å². The lowest BCUT2D eigenvalue weighted by molar-refractivity contribution is -0.670. The van der Waals surface area contributed by atoms with Crippen molar-refractivity contribution < 1.29 is 4.57 Å². The number of rotatable bonds is 0. The number of fused-ring (bicyclic) bond motifs is 7. The van der Waals surface area contributed by atoms with Crippen LogP contribution in [0, 0.1) is 0 Å². The zero-order valence-electron chi connectivity index (χ0n) is 9.95. The van der Waals surface area contributed by atoms with E-state index in [-0.39, 0.29) is 0 Å². The maximum Gasteiger partial charge on any atom is 0.297 e. The Morgan fingerprint density at radius 1 is 1.26 bits per heavy atom. The molecule has 0 N–H and O–H groups in total. The van der Waals surface area contributed by atoms with E-state index in [1.807, 2.05) is 24.7 Å². The fourth-order valence-electron chi connectivity index (χ4n) is 2.85. The molecule has 1 aliphatic heterocycles. The predicted molar refractivity (Wildman–Crippen MR) is 73.1 cm³/mol. The summed E-state index contributed by atoms with van der Waals surface area (Å²) >= 11 is 1.78. The third-order valence-corrected chi connectivity index (χ3v) is 4.67. The van der Waals surface area contributed by atoms with Gasteiger partial charge in [-0.15, -0.1) is 0 Å². The third kappa shape index (κ3) is 1.11. The lowest BCUT2D eigenvalue weighted by atomic mass is 10.2. The molecule has 5 heteroatoms. The number of thiazole rings is 1. The summed E-state index contributed by atoms with van der Waals surface area (Å²) in [5.74, 6) is 1.22. The van der Waals surface area contributed by atoms with E-state index < -0.39 is 0 Å². The van der Waals surface area contributed by atoms with Crippen molar-refractivity contribution in [1.29, 1.82) is 0 Å². The zero-order chi connectivity index (χ0) is 12.4. The Morgan fingerprint density at radius 3 is 3.26 bits per heavy atom. The largest absolute Gasteiger partial charge is 0.297 e. The van der Waals surface area contributed by atoms with E-state index >= 15 is 0 Å². The summed E-state index contributed by atoms with van der Waals surface area (Å²) < 4.78 is 5.77. The van der Waals surface area contributed by atoms with E-state index in [1.54, 1.807) is 11.3 Å². The number of hydrogen-bond acceptors (Lipinski definition) is 3. The molecule has 0 unspecified atom stereocenters. The highest BCUT2D eigenvalue weighted by molar-refractivity contribution is 7.23. The first kappa shape index (κ1) is 9.63. The molecule has 5 rings (SSSR count). The Bertz CT molecular complexity index is 951. The molecule has 4 nitrogen and oxygen atoms in total. The summed E-state index contributed by atoms with van der Waals surface area (Å²) in [5.41, 5.74) is 3.59. The van der Waals surface area contributed by atoms with Crippen LogP contribution in [0.15, 0.2) is 43.0 Å². The Hall–Kier alpha value is -2.27. The molecule has 0 amide bonds. The lowest BCUT2D eigenvalue weighted by Crippen LogP contribution is -2.29. The molecule has 0 atom stereocenters. The van der Waals surface area contributed by atoms with Gasteiger partial charge in [-0.05, 0) is 18.2 Å². The Morgan fingerprint density at radius 2 is 2.26 bits per heavy atom. The number of hydrogen-bond donors (Lipinski definition) is 0. The number of imidazole rings is 1. The van der Waals surface area contributed by atoms with Crippen LogP contribution in [0.3, 0.4) is 0 Å². The maximum absolute atomic E-state index is 4.54. The molecule has 0 fully saturated rings. The first-order valence-electron chi connectivity index (χ1n) is 6.13. The van der Waals surface area contributed by atoms with Crippen LogP contribution >= 0.6 is 11.3 Å². The van der Waals surface area contributed by atoms with Crippen molar-refractivity contribution in [2.45, 2.75) is 6.54 Å². The molecule has 90 valence electrons. The van der Waals surface area contributed by atoms with Crippen LogP contribution in [-0.4, -0.2) is 14.4 Å². The quantitative estimate of drug-likeness (QED) is 0.402. The summed E-state index contributed by atoms with van der Waals surface area (Å²) in [4.78, 5) is 9.99. The van der Waals surface area contributed by atoms with Crippen LogP contribution in [0.1, 0.15) is 5.56 Å². The van der Waals surface area contributed by atoms with E-state index in [2.05, 4.69) is 37.3 Å². The van der Waals surface area contributed by atoms with Crippen LogP contribution in [0.5, 0.6) is 0 Å². The normalized spacial score (nSPS) is 13.1. The molecule has 19 heavy (non-hydrogen) atoms. The Labute approximate surface area is 112 Å². The fraction of sp³-hybridized carbons (Fsp3) is 0.0714. The third-order valence-electron chi connectivity index (χ3n) is 3.63. The van der Waals surface area contributed by atoms with E-state index in [0.717, 1.165) is 12.2 Å². The van der Waals surface area contributed by atoms with Gasteiger partial charge in [0.15, 0.2) is 0 Å². The van der Waals surface area contributed by atoms with E-state index in [4.69, 9.17) is 0 Å². The van der Waals surface area contributed by atoms with Gasteiger partial charge >= 0.3 is 0 Å². The minimum atomic E-state index is 0.904. The summed E-state index contributed by atoms with van der Waals surface area (Å²) in [5, 5.41) is 0. The highest BCUT2D eigenvalue weighted by Crippen LogP contribution is 2.33. The van der Waals surface area contributed by atoms with E-state index in [1.165, 1.54) is 26.5 Å². The first-order chi connectivity index (χ1) is 9.42. The molecule has 5 heterocycles. The van der Waals surface area contributed by atoms with Gasteiger partial charge in [0.25, 0.3) is 5.82 Å². The average Bonchev–Trinajstić information content (AvgIpc) is 3.04. The van der Waals surface area contributed by atoms with Gasteiger partial charge in [-0.1, -0.05) is 11.3 Å². The molecule has 0 saturated heterocycles. The van der Waals surface area contributed by atoms with Gasteiger partial charge in [-0.3, -0.25) is 4.98 Å². The van der Waals surface area contributed by atoms with Gasteiger partial charge in [-0.2, -0.15) is 4.40 Å². The van der Waals surface area contributed by atoms with Crippen LogP contribution < -0.4 is 4.57 Å². The monoisotopic (exact) mass is 265 g/mol. The highest BCUT2D eigenvalue weighted by atomic mass is 32.1. The molecule has 0 radical (unpaired) electrons. The topological polar surface area (TPSA) is 34.1 Å². The molecule has 4 aromatic heterocycles. The van der Waals surface area contributed by atoms with Crippen molar-refractivity contribution in [3.63, 3.8) is 0 Å². The standard InChI is InChI=1S/C14H9N4S/c1-2-11-13(16-4-1)18-12(19-11)8-17-7-9-6-15-5-3-10(9)14(17)18/h1-6,8H,7H2/q+1. The molecule has 0 saturated carbocycles. The second-order valence-electron chi connectivity index (χ2n) is 4.71. The Balaban J connectivity index is 2.00. The minimum absolute atomic E-state index is 0.904. The lowest BCUT2D eigenvalue weighted by Gasteiger charge is -1.92. The van der Waals surface area contributed by atoms with Crippen LogP contribution in [-0.2, 0) is 6.54 Å². The van der Waals surface area contributed by atoms with E-state index in [0.29, 0.717) is 0 Å². The first-order valence-corrected chi connectivity index (χ1v) is 6.95. The second-order valence-corrected chi connectivity index (χ2v) is 5.78. The summed E-state index contributed by atoms with van der Waals surface area (Å²) in [6.07, 6.45) is 7.88. The second kappa shape index (κ2) is 3.19. The minimum Gasteiger partial charge on any atom is -0.264 e. The molecule has 0 bridgehead atoms. The molecule has 0 spiro atoms. The van der Waals surface area contributed by atoms with Gasteiger partial charge in [0.2, 0.25) is 10.5 Å². The van der Waals surface area contributed by atoms with Crippen LogP contribution in [0.25, 0.3) is 26.6 Å². The highest BCUT2D eigenvalue weighted by Gasteiger charge is 2.32. The maximum atomic E-state index is 4.54. The van der Waals surface area contributed by atoms with Crippen molar-refractivity contribution in [3.8, 4) is 11.4 Å². The molecule has 1 aliphatic rings. The van der Waals surface area contributed by atoms with Gasteiger partial charge in [0, 0.05) is 24.2 Å². The van der Waals surface area contributed by atoms with Crippen molar-refractivity contribution in [1.82, 2.24) is 14.4 Å². The van der Waals surface area contributed by atoms with Gasteiger partial charge in [-0.25, -0.2) is 9.55 Å². The van der Waals surface area contributed by atoms with Gasteiger partial charge in [0.1, 0.15) is 12.7 Å². The fourth-order valence-corrected chi connectivity index (χ4v) is 3.91. The van der Waals surface area contributed by atoms with Gasteiger partial charge < -0.3 is 0 Å². The predicted octanol–water partition coefficient (Wildman–Crippen LogP) is 2.26. The molecular formula is C14H9N4S+. The van der Waals surface area contributed by atoms with Crippen molar-refractivity contribution in [2.75, 3.05) is 0 Å². The van der Waals surface area contributed by atoms with Crippen molar-refractivity contribution in [2.24, 2.45) is 0 Å². The SMILES string of the molecule is c1cnc2c(c1)sc1c[n+]3c(n12)-c1ccncc1C3. The zero-order valence-corrected chi connectivity index (χ0v) is 10.8. The molecule has 0 aliphatic carbocycles. The summed E-state index contributed by atoms with van der Waals surface area (Å²) in [7, 11) is 0. The average molecular weight is 265 g/mol. The summed E-state index contributed by atoms with van der Waals surface area (Å²) in [6.45, 7) is 0.904. The van der Waals surface area contributed by atoms with Crippen molar-refractivity contribution in [3.05, 3.63) is 48.5 Å². The number of pyridine rings is 2. The smallest absolute Gasteiger partial charge is 0.264 e. The van der Waals surface area contributed by atoms with Crippen LogP contribution in [0.4, 0.5) is 0 Å². The number of aromatic nitrogens is 4.